The Balaban J connectivity index is 2.03. The van der Waals surface area contributed by atoms with E-state index < -0.39 is 5.25 Å². The lowest BCUT2D eigenvalue weighted by molar-refractivity contribution is -0.117. The minimum Gasteiger partial charge on any atom is -0.369 e. The number of primary amides is 1. The summed E-state index contributed by atoms with van der Waals surface area (Å²) >= 11 is 1.32. The first-order valence-corrected chi connectivity index (χ1v) is 10.4. The van der Waals surface area contributed by atoms with E-state index in [1.807, 2.05) is 16.7 Å². The summed E-state index contributed by atoms with van der Waals surface area (Å²) in [4.78, 5) is 11.6. The van der Waals surface area contributed by atoms with Crippen molar-refractivity contribution in [2.75, 3.05) is 0 Å². The Hall–Kier alpha value is -2.60. The first-order chi connectivity index (χ1) is 13.5. The summed E-state index contributed by atoms with van der Waals surface area (Å²) in [5.41, 5.74) is 9.91. The lowest BCUT2D eigenvalue weighted by atomic mass is 10.1. The van der Waals surface area contributed by atoms with Gasteiger partial charge in [0.05, 0.1) is 5.25 Å². The van der Waals surface area contributed by atoms with Gasteiger partial charge in [0, 0.05) is 11.3 Å². The minimum absolute atomic E-state index is 0.369. The van der Waals surface area contributed by atoms with Crippen molar-refractivity contribution in [3.05, 3.63) is 59.7 Å². The number of nitrogens with zero attached hydrogens (tertiary/aromatic N) is 3. The summed E-state index contributed by atoms with van der Waals surface area (Å²) in [6.45, 7) is 6.04. The van der Waals surface area contributed by atoms with E-state index >= 15 is 0 Å². The van der Waals surface area contributed by atoms with Crippen LogP contribution < -0.4 is 5.73 Å². The zero-order valence-corrected chi connectivity index (χ0v) is 17.4. The monoisotopic (exact) mass is 394 g/mol. The Kier molecular flexibility index (Phi) is 6.52. The average Bonchev–Trinajstić information content (AvgIpc) is 3.10. The van der Waals surface area contributed by atoms with E-state index in [1.165, 1.54) is 35.7 Å². The van der Waals surface area contributed by atoms with Gasteiger partial charge >= 0.3 is 0 Å². The highest BCUT2D eigenvalue weighted by atomic mass is 32.2. The van der Waals surface area contributed by atoms with Gasteiger partial charge < -0.3 is 5.73 Å². The van der Waals surface area contributed by atoms with E-state index in [0.717, 1.165) is 23.5 Å². The van der Waals surface area contributed by atoms with E-state index in [4.69, 9.17) is 5.73 Å². The maximum absolute atomic E-state index is 11.6. The third kappa shape index (κ3) is 4.62. The van der Waals surface area contributed by atoms with Crippen LogP contribution in [-0.2, 0) is 11.2 Å². The SMILES string of the molecule is CCCCc1ccc(-n2c(S[C@H](C)C(N)=O)nnc2-c2ccc(C)cc2)cc1. The standard InChI is InChI=1S/C22H26N4OS/c1-4-5-6-17-9-13-19(14-10-17)26-21(18-11-7-15(2)8-12-18)24-25-22(26)28-16(3)20(23)27/h7-14,16H,4-6H2,1-3H3,(H2,23,27)/t16-/m1/s1. The molecular weight excluding hydrogens is 368 g/mol. The quantitative estimate of drug-likeness (QED) is 0.569. The molecule has 3 aromatic rings. The smallest absolute Gasteiger partial charge is 0.230 e. The van der Waals surface area contributed by atoms with Crippen LogP contribution in [0.4, 0.5) is 0 Å². The van der Waals surface area contributed by atoms with Crippen molar-refractivity contribution in [1.82, 2.24) is 14.8 Å². The van der Waals surface area contributed by atoms with Crippen molar-refractivity contribution in [3.63, 3.8) is 0 Å². The third-order valence-corrected chi connectivity index (χ3v) is 5.70. The maximum atomic E-state index is 11.6. The van der Waals surface area contributed by atoms with E-state index in [9.17, 15) is 4.79 Å². The van der Waals surface area contributed by atoms with Crippen molar-refractivity contribution in [2.45, 2.75) is 50.4 Å². The predicted molar refractivity (Wildman–Crippen MR) is 115 cm³/mol. The van der Waals surface area contributed by atoms with E-state index in [-0.39, 0.29) is 5.91 Å². The van der Waals surface area contributed by atoms with Crippen LogP contribution in [0.15, 0.2) is 53.7 Å². The molecule has 0 saturated carbocycles. The molecule has 0 fully saturated rings. The molecule has 0 aliphatic heterocycles. The van der Waals surface area contributed by atoms with Crippen LogP contribution in [0.25, 0.3) is 17.1 Å². The Morgan fingerprint density at radius 2 is 1.79 bits per heavy atom. The molecule has 0 unspecified atom stereocenters. The molecule has 0 radical (unpaired) electrons. The predicted octanol–water partition coefficient (Wildman–Crippen LogP) is 4.55. The number of aromatic nitrogens is 3. The number of carbonyl (C=O) groups is 1. The van der Waals surface area contributed by atoms with Crippen molar-refractivity contribution in [2.24, 2.45) is 5.73 Å². The van der Waals surface area contributed by atoms with Crippen LogP contribution in [0.1, 0.15) is 37.8 Å². The number of carbonyl (C=O) groups excluding carboxylic acids is 1. The van der Waals surface area contributed by atoms with Gasteiger partial charge in [-0.2, -0.15) is 0 Å². The largest absolute Gasteiger partial charge is 0.369 e. The molecule has 6 heteroatoms. The van der Waals surface area contributed by atoms with Crippen LogP contribution in [0.2, 0.25) is 0 Å². The number of nitrogens with two attached hydrogens (primary N) is 1. The van der Waals surface area contributed by atoms with Gasteiger partial charge in [0.2, 0.25) is 5.91 Å². The van der Waals surface area contributed by atoms with Crippen LogP contribution in [0, 0.1) is 6.92 Å². The summed E-state index contributed by atoms with van der Waals surface area (Å²) in [5, 5.41) is 9.04. The first kappa shape index (κ1) is 20.1. The van der Waals surface area contributed by atoms with Crippen molar-refractivity contribution >= 4 is 17.7 Å². The topological polar surface area (TPSA) is 73.8 Å². The molecular formula is C22H26N4OS. The lowest BCUT2D eigenvalue weighted by Gasteiger charge is -2.13. The molecule has 146 valence electrons. The number of unbranched alkanes of at least 4 members (excludes halogenated alkanes) is 1. The molecule has 0 saturated heterocycles. The van der Waals surface area contributed by atoms with Crippen molar-refractivity contribution in [1.29, 1.82) is 0 Å². The van der Waals surface area contributed by atoms with E-state index in [1.54, 1.807) is 6.92 Å². The number of amides is 1. The van der Waals surface area contributed by atoms with Crippen molar-refractivity contribution < 1.29 is 4.79 Å². The zero-order chi connectivity index (χ0) is 20.1. The fraction of sp³-hybridized carbons (Fsp3) is 0.318. The Labute approximate surface area is 170 Å². The van der Waals surface area contributed by atoms with Crippen molar-refractivity contribution in [3.8, 4) is 17.1 Å². The summed E-state index contributed by atoms with van der Waals surface area (Å²) < 4.78 is 2.00. The molecule has 5 nitrogen and oxygen atoms in total. The van der Waals surface area contributed by atoms with Crippen LogP contribution in [-0.4, -0.2) is 25.9 Å². The second-order valence-electron chi connectivity index (χ2n) is 6.94. The van der Waals surface area contributed by atoms with Crippen LogP contribution in [0.5, 0.6) is 0 Å². The maximum Gasteiger partial charge on any atom is 0.230 e. The fourth-order valence-electron chi connectivity index (χ4n) is 2.88. The molecule has 0 spiro atoms. The summed E-state index contributed by atoms with van der Waals surface area (Å²) in [6, 6.07) is 16.7. The molecule has 2 N–H and O–H groups in total. The van der Waals surface area contributed by atoms with Gasteiger partial charge in [0.15, 0.2) is 11.0 Å². The van der Waals surface area contributed by atoms with E-state index in [2.05, 4.69) is 60.4 Å². The number of aryl methyl sites for hydroxylation is 2. The molecule has 0 aliphatic rings. The number of hydrogen-bond acceptors (Lipinski definition) is 4. The lowest BCUT2D eigenvalue weighted by Crippen LogP contribution is -2.23. The van der Waals surface area contributed by atoms with E-state index in [0.29, 0.717) is 5.16 Å². The summed E-state index contributed by atoms with van der Waals surface area (Å²) in [6.07, 6.45) is 3.43. The number of thioether (sulfide) groups is 1. The van der Waals surface area contributed by atoms with Crippen LogP contribution in [0.3, 0.4) is 0 Å². The minimum atomic E-state index is -0.391. The van der Waals surface area contributed by atoms with Gasteiger partial charge in [0.25, 0.3) is 0 Å². The van der Waals surface area contributed by atoms with Gasteiger partial charge in [-0.1, -0.05) is 67.1 Å². The second kappa shape index (κ2) is 9.06. The molecule has 1 aromatic heterocycles. The molecule has 1 amide bonds. The third-order valence-electron chi connectivity index (χ3n) is 4.64. The molecule has 28 heavy (non-hydrogen) atoms. The fourth-order valence-corrected chi connectivity index (χ4v) is 3.70. The molecule has 1 heterocycles. The Morgan fingerprint density at radius 1 is 1.11 bits per heavy atom. The Bertz CT molecular complexity index is 932. The number of rotatable bonds is 8. The highest BCUT2D eigenvalue weighted by molar-refractivity contribution is 8.00. The Morgan fingerprint density at radius 3 is 2.39 bits per heavy atom. The van der Waals surface area contributed by atoms with Gasteiger partial charge in [-0.15, -0.1) is 10.2 Å². The number of hydrogen-bond donors (Lipinski definition) is 1. The van der Waals surface area contributed by atoms with Crippen LogP contribution >= 0.6 is 11.8 Å². The molecule has 2 aromatic carbocycles. The average molecular weight is 395 g/mol. The zero-order valence-electron chi connectivity index (χ0n) is 16.6. The highest BCUT2D eigenvalue weighted by Crippen LogP contribution is 2.30. The molecule has 3 rings (SSSR count). The van der Waals surface area contributed by atoms with Gasteiger partial charge in [-0.3, -0.25) is 9.36 Å². The molecule has 0 aliphatic carbocycles. The summed E-state index contributed by atoms with van der Waals surface area (Å²) in [7, 11) is 0. The normalized spacial score (nSPS) is 12.1. The van der Waals surface area contributed by atoms with Gasteiger partial charge in [-0.05, 0) is 44.4 Å². The van der Waals surface area contributed by atoms with Gasteiger partial charge in [-0.25, -0.2) is 0 Å². The molecule has 0 bridgehead atoms. The number of benzene rings is 2. The highest BCUT2D eigenvalue weighted by Gasteiger charge is 2.20. The van der Waals surface area contributed by atoms with Gasteiger partial charge in [0.1, 0.15) is 0 Å². The second-order valence-corrected chi connectivity index (χ2v) is 8.25. The summed E-state index contributed by atoms with van der Waals surface area (Å²) in [5.74, 6) is 0.381. The first-order valence-electron chi connectivity index (χ1n) is 9.57. The molecule has 1 atom stereocenters.